The highest BCUT2D eigenvalue weighted by atomic mass is 19.1. The second-order valence-electron chi connectivity index (χ2n) is 9.99. The van der Waals surface area contributed by atoms with Gasteiger partial charge in [0.05, 0.1) is 10.9 Å². The van der Waals surface area contributed by atoms with Crippen LogP contribution in [0.5, 0.6) is 0 Å². The third kappa shape index (κ3) is 2.89. The molecule has 1 aliphatic heterocycles. The van der Waals surface area contributed by atoms with Crippen molar-refractivity contribution in [2.75, 3.05) is 18.0 Å². The molecule has 0 amide bonds. The molecule has 0 bridgehead atoms. The average molecular weight is 510 g/mol. The first-order valence-corrected chi connectivity index (χ1v) is 12.2. The van der Waals surface area contributed by atoms with Crippen LogP contribution in [0.25, 0.3) is 49.1 Å². The van der Waals surface area contributed by atoms with Gasteiger partial charge in [0.15, 0.2) is 27.8 Å². The van der Waals surface area contributed by atoms with E-state index >= 15 is 4.39 Å². The van der Waals surface area contributed by atoms with Crippen molar-refractivity contribution in [1.29, 1.82) is 0 Å². The first-order valence-electron chi connectivity index (χ1n) is 12.2. The molecule has 1 saturated heterocycles. The van der Waals surface area contributed by atoms with Crippen LogP contribution in [0.1, 0.15) is 23.7 Å². The fraction of sp³-hybridized carbons (Fsp3) is 0.172. The summed E-state index contributed by atoms with van der Waals surface area (Å²) in [5, 5.41) is 10.4. The van der Waals surface area contributed by atoms with Crippen LogP contribution in [0.3, 0.4) is 0 Å². The highest BCUT2D eigenvalue weighted by molar-refractivity contribution is 6.08. The number of rotatable bonds is 2. The Bertz CT molecular complexity index is 2200. The maximum atomic E-state index is 15.6. The molecule has 1 unspecified atom stereocenters. The van der Waals surface area contributed by atoms with Crippen LogP contribution in [-0.4, -0.2) is 28.6 Å². The van der Waals surface area contributed by atoms with Crippen molar-refractivity contribution in [3.05, 3.63) is 90.7 Å². The smallest absolute Gasteiger partial charge is 0.341 e. The number of carbonyl (C=O) groups is 1. The van der Waals surface area contributed by atoms with Crippen LogP contribution in [-0.2, 0) is 0 Å². The fourth-order valence-corrected chi connectivity index (χ4v) is 5.78. The SMILES string of the molecule is CC1CCN(c2c(F)cc3c(=O)c(C(=O)O)cn4c5cc6c(=O)c7ccccc7c(=O)c6cc5oc2c34)C1. The number of carboxylic acid groups (broad SMARTS) is 1. The van der Waals surface area contributed by atoms with Gasteiger partial charge >= 0.3 is 5.97 Å². The molecular weight excluding hydrogens is 491 g/mol. The maximum absolute atomic E-state index is 15.6. The number of anilines is 1. The lowest BCUT2D eigenvalue weighted by atomic mass is 10.0. The molecule has 1 N–H and O–H groups in total. The monoisotopic (exact) mass is 510 g/mol. The Morgan fingerprint density at radius 3 is 2.29 bits per heavy atom. The van der Waals surface area contributed by atoms with Crippen LogP contribution in [0, 0.1) is 11.7 Å². The Hall–Kier alpha value is -4.79. The summed E-state index contributed by atoms with van der Waals surface area (Å²) in [6.07, 6.45) is 2.02. The summed E-state index contributed by atoms with van der Waals surface area (Å²) in [6, 6.07) is 10.5. The Labute approximate surface area is 212 Å². The number of nitrogens with zero attached hydrogens (tertiary/aromatic N) is 2. The first-order chi connectivity index (χ1) is 18.2. The first kappa shape index (κ1) is 22.4. The number of halogens is 1. The quantitative estimate of drug-likeness (QED) is 0.273. The molecule has 1 aliphatic rings. The number of hydrogen-bond acceptors (Lipinski definition) is 6. The van der Waals surface area contributed by atoms with Crippen LogP contribution >= 0.6 is 0 Å². The van der Waals surface area contributed by atoms with Gasteiger partial charge in [0, 0.05) is 40.8 Å². The van der Waals surface area contributed by atoms with Crippen LogP contribution in [0.15, 0.2) is 67.5 Å². The molecule has 0 spiro atoms. The molecule has 6 aromatic rings. The minimum absolute atomic E-state index is 0.0746. The molecule has 1 atom stereocenters. The van der Waals surface area contributed by atoms with Gasteiger partial charge in [-0.05, 0) is 30.5 Å². The number of carboxylic acids is 1. The lowest BCUT2D eigenvalue weighted by Crippen LogP contribution is -2.23. The normalized spacial score (nSPS) is 16.1. The Kier molecular flexibility index (Phi) is 4.49. The standard InChI is InChI=1S/C29H19FN2O6/c1-13-6-7-31(11-13)24-20(30)8-18-23-28(24)38-22-10-17-16(25(33)14-4-2-3-5-15(14)26(17)34)9-21(22)32(23)12-19(27(18)35)29(36)37/h2-5,8-10,12-13H,6-7,11H2,1H3,(H,36,37). The van der Waals surface area contributed by atoms with Gasteiger partial charge in [0.2, 0.25) is 5.43 Å². The number of hydrogen-bond donors (Lipinski definition) is 1. The Balaban J connectivity index is 1.73. The molecule has 188 valence electrons. The molecule has 1 fully saturated rings. The van der Waals surface area contributed by atoms with Crippen LogP contribution in [0.4, 0.5) is 10.1 Å². The highest BCUT2D eigenvalue weighted by Crippen LogP contribution is 2.38. The Morgan fingerprint density at radius 2 is 1.66 bits per heavy atom. The van der Waals surface area contributed by atoms with Crippen LogP contribution < -0.4 is 21.2 Å². The number of pyridine rings is 1. The topological polar surface area (TPSA) is 109 Å². The van der Waals surface area contributed by atoms with E-state index in [2.05, 4.69) is 6.92 Å². The van der Waals surface area contributed by atoms with Crippen molar-refractivity contribution in [3.8, 4) is 0 Å². The largest absolute Gasteiger partial charge is 0.477 e. The van der Waals surface area contributed by atoms with Crippen molar-refractivity contribution in [3.63, 3.8) is 0 Å². The van der Waals surface area contributed by atoms with E-state index in [0.717, 1.165) is 12.5 Å². The van der Waals surface area contributed by atoms with Crippen molar-refractivity contribution in [1.82, 2.24) is 4.40 Å². The molecule has 4 aromatic carbocycles. The molecule has 0 radical (unpaired) electrons. The van der Waals surface area contributed by atoms with Crippen molar-refractivity contribution < 1.29 is 18.7 Å². The fourth-order valence-electron chi connectivity index (χ4n) is 5.78. The lowest BCUT2D eigenvalue weighted by molar-refractivity contribution is 0.0695. The second-order valence-corrected chi connectivity index (χ2v) is 9.99. The number of aromatic nitrogens is 1. The van der Waals surface area contributed by atoms with Gasteiger partial charge in [-0.2, -0.15) is 0 Å². The maximum Gasteiger partial charge on any atom is 0.341 e. The molecule has 0 aliphatic carbocycles. The molecule has 0 saturated carbocycles. The van der Waals surface area contributed by atoms with E-state index in [9.17, 15) is 24.3 Å². The zero-order valence-electron chi connectivity index (χ0n) is 20.1. The van der Waals surface area contributed by atoms with Gasteiger partial charge in [-0.1, -0.05) is 31.2 Å². The molecule has 8 nitrogen and oxygen atoms in total. The van der Waals surface area contributed by atoms with E-state index in [-0.39, 0.29) is 65.7 Å². The van der Waals surface area contributed by atoms with Gasteiger partial charge in [-0.15, -0.1) is 0 Å². The minimum atomic E-state index is -1.47. The van der Waals surface area contributed by atoms with E-state index in [1.54, 1.807) is 24.3 Å². The van der Waals surface area contributed by atoms with Crippen molar-refractivity contribution in [2.24, 2.45) is 5.92 Å². The Morgan fingerprint density at radius 1 is 0.974 bits per heavy atom. The zero-order chi connectivity index (χ0) is 26.5. The van der Waals surface area contributed by atoms with E-state index in [1.165, 1.54) is 22.7 Å². The average Bonchev–Trinajstić information content (AvgIpc) is 3.33. The number of benzene rings is 4. The third-order valence-electron chi connectivity index (χ3n) is 7.62. The van der Waals surface area contributed by atoms with Gasteiger partial charge in [-0.3, -0.25) is 14.4 Å². The summed E-state index contributed by atoms with van der Waals surface area (Å²) in [4.78, 5) is 53.6. The summed E-state index contributed by atoms with van der Waals surface area (Å²) in [5.41, 5.74) is -1.21. The van der Waals surface area contributed by atoms with Crippen molar-refractivity contribution in [2.45, 2.75) is 13.3 Å². The molecule has 3 heterocycles. The lowest BCUT2D eigenvalue weighted by Gasteiger charge is -2.22. The molecule has 38 heavy (non-hydrogen) atoms. The minimum Gasteiger partial charge on any atom is -0.477 e. The van der Waals surface area contributed by atoms with Gasteiger partial charge < -0.3 is 18.8 Å². The summed E-state index contributed by atoms with van der Waals surface area (Å²) < 4.78 is 23.3. The highest BCUT2D eigenvalue weighted by Gasteiger charge is 2.29. The summed E-state index contributed by atoms with van der Waals surface area (Å²) >= 11 is 0. The summed E-state index contributed by atoms with van der Waals surface area (Å²) in [7, 11) is 0. The van der Waals surface area contributed by atoms with E-state index in [4.69, 9.17) is 4.42 Å². The molecule has 7 rings (SSSR count). The number of aromatic carboxylic acids is 1. The molecule has 2 aromatic heterocycles. The third-order valence-corrected chi connectivity index (χ3v) is 7.62. The second kappa shape index (κ2) is 7.61. The van der Waals surface area contributed by atoms with E-state index < -0.39 is 22.8 Å². The van der Waals surface area contributed by atoms with Gasteiger partial charge in [-0.25, -0.2) is 9.18 Å². The zero-order valence-corrected chi connectivity index (χ0v) is 20.1. The van der Waals surface area contributed by atoms with Crippen LogP contribution in [0.2, 0.25) is 0 Å². The van der Waals surface area contributed by atoms with E-state index in [1.807, 2.05) is 4.90 Å². The predicted octanol–water partition coefficient (Wildman–Crippen LogP) is 4.35. The van der Waals surface area contributed by atoms with Gasteiger partial charge in [0.25, 0.3) is 0 Å². The predicted molar refractivity (Wildman–Crippen MR) is 143 cm³/mol. The summed E-state index contributed by atoms with van der Waals surface area (Å²) in [6.45, 7) is 3.22. The van der Waals surface area contributed by atoms with Crippen molar-refractivity contribution >= 4 is 60.8 Å². The van der Waals surface area contributed by atoms with E-state index in [0.29, 0.717) is 19.0 Å². The summed E-state index contributed by atoms with van der Waals surface area (Å²) in [5.74, 6) is -1.85. The molecular formula is C29H19FN2O6. The molecule has 9 heteroatoms. The number of fused-ring (bicyclic) bond motifs is 4. The van der Waals surface area contributed by atoms with Gasteiger partial charge in [0.1, 0.15) is 16.8 Å².